The first kappa shape index (κ1) is 10.5. The van der Waals surface area contributed by atoms with Gasteiger partial charge in [-0.1, -0.05) is 41.1 Å². The minimum absolute atomic E-state index is 0.472. The topological polar surface area (TPSA) is 25.8 Å². The Bertz CT molecular complexity index is 456. The molecule has 1 aromatic heterocycles. The average Bonchev–Trinajstić information content (AvgIpc) is 2.22. The van der Waals surface area contributed by atoms with Gasteiger partial charge in [0.25, 0.3) is 0 Å². The minimum Gasteiger partial charge on any atom is -0.230 e. The molecule has 2 nitrogen and oxygen atoms in total. The molecule has 1 aromatic carbocycles. The zero-order valence-corrected chi connectivity index (χ0v) is 9.72. The molecule has 76 valence electrons. The van der Waals surface area contributed by atoms with Gasteiger partial charge < -0.3 is 0 Å². The van der Waals surface area contributed by atoms with Crippen LogP contribution in [0.1, 0.15) is 5.56 Å². The fraction of sp³-hybridized carbons (Fsp3) is 0.0909. The molecule has 0 bridgehead atoms. The van der Waals surface area contributed by atoms with Gasteiger partial charge in [-0.15, -0.1) is 0 Å². The highest BCUT2D eigenvalue weighted by atomic mass is 35.5. The summed E-state index contributed by atoms with van der Waals surface area (Å²) in [4.78, 5) is 9.11. The van der Waals surface area contributed by atoms with E-state index in [9.17, 15) is 0 Å². The Balaban J connectivity index is 2.18. The van der Waals surface area contributed by atoms with E-state index in [1.54, 1.807) is 17.8 Å². The summed E-state index contributed by atoms with van der Waals surface area (Å²) in [5.74, 6) is 0. The summed E-state index contributed by atoms with van der Waals surface area (Å²) in [7, 11) is 0. The molecule has 1 heterocycles. The molecule has 0 radical (unpaired) electrons. The third-order valence-electron chi connectivity index (χ3n) is 1.85. The van der Waals surface area contributed by atoms with Crippen molar-refractivity contribution < 1.29 is 0 Å². The smallest absolute Gasteiger partial charge is 0.133 e. The van der Waals surface area contributed by atoms with Crippen LogP contribution in [-0.4, -0.2) is 9.97 Å². The molecule has 0 amide bonds. The van der Waals surface area contributed by atoms with E-state index in [4.69, 9.17) is 11.6 Å². The van der Waals surface area contributed by atoms with Crippen LogP contribution in [0.5, 0.6) is 0 Å². The van der Waals surface area contributed by atoms with E-state index in [0.29, 0.717) is 5.15 Å². The standard InChI is InChI=1S/C11H9ClN2S/c1-8-2-4-9(5-3-8)15-11-6-10(12)13-7-14-11/h2-7H,1H3. The third kappa shape index (κ3) is 2.94. The Kier molecular flexibility index (Phi) is 3.23. The van der Waals surface area contributed by atoms with Crippen molar-refractivity contribution in [3.63, 3.8) is 0 Å². The molecule has 0 aliphatic rings. The maximum absolute atomic E-state index is 5.77. The van der Waals surface area contributed by atoms with Crippen molar-refractivity contribution in [2.45, 2.75) is 16.8 Å². The summed E-state index contributed by atoms with van der Waals surface area (Å²) in [6.07, 6.45) is 1.47. The molecule has 0 N–H and O–H groups in total. The van der Waals surface area contributed by atoms with Crippen molar-refractivity contribution in [1.29, 1.82) is 0 Å². The predicted molar refractivity (Wildman–Crippen MR) is 62.3 cm³/mol. The number of hydrogen-bond acceptors (Lipinski definition) is 3. The quantitative estimate of drug-likeness (QED) is 0.746. The molecule has 15 heavy (non-hydrogen) atoms. The van der Waals surface area contributed by atoms with Crippen molar-refractivity contribution >= 4 is 23.4 Å². The van der Waals surface area contributed by atoms with Gasteiger partial charge in [-0.2, -0.15) is 0 Å². The number of nitrogens with zero attached hydrogens (tertiary/aromatic N) is 2. The van der Waals surface area contributed by atoms with Gasteiger partial charge in [0.2, 0.25) is 0 Å². The number of hydrogen-bond donors (Lipinski definition) is 0. The van der Waals surface area contributed by atoms with Crippen LogP contribution in [0, 0.1) is 6.92 Å². The van der Waals surface area contributed by atoms with Gasteiger partial charge in [0.1, 0.15) is 16.5 Å². The number of rotatable bonds is 2. The van der Waals surface area contributed by atoms with Crippen LogP contribution < -0.4 is 0 Å². The molecule has 0 fully saturated rings. The van der Waals surface area contributed by atoms with Crippen LogP contribution in [0.25, 0.3) is 0 Å². The zero-order valence-electron chi connectivity index (χ0n) is 8.14. The van der Waals surface area contributed by atoms with E-state index < -0.39 is 0 Å². The summed E-state index contributed by atoms with van der Waals surface area (Å²) in [5, 5.41) is 1.33. The summed E-state index contributed by atoms with van der Waals surface area (Å²) in [6, 6.07) is 10.0. The highest BCUT2D eigenvalue weighted by molar-refractivity contribution is 7.99. The molecule has 0 atom stereocenters. The Morgan fingerprint density at radius 2 is 1.87 bits per heavy atom. The second kappa shape index (κ2) is 4.64. The first-order chi connectivity index (χ1) is 7.24. The highest BCUT2D eigenvalue weighted by Crippen LogP contribution is 2.26. The van der Waals surface area contributed by atoms with Crippen molar-refractivity contribution in [2.75, 3.05) is 0 Å². The van der Waals surface area contributed by atoms with Gasteiger partial charge in [0.05, 0.1) is 0 Å². The predicted octanol–water partition coefficient (Wildman–Crippen LogP) is 3.59. The van der Waals surface area contributed by atoms with E-state index >= 15 is 0 Å². The first-order valence-electron chi connectivity index (χ1n) is 4.46. The lowest BCUT2D eigenvalue weighted by atomic mass is 10.2. The lowest BCUT2D eigenvalue weighted by Crippen LogP contribution is -1.82. The summed E-state index contributed by atoms with van der Waals surface area (Å²) < 4.78 is 0. The Hall–Kier alpha value is -1.06. The molecular weight excluding hydrogens is 228 g/mol. The molecule has 0 aliphatic heterocycles. The van der Waals surface area contributed by atoms with Gasteiger partial charge in [-0.25, -0.2) is 9.97 Å². The van der Waals surface area contributed by atoms with Crippen LogP contribution in [0.2, 0.25) is 5.15 Å². The van der Waals surface area contributed by atoms with Gasteiger partial charge in [0.15, 0.2) is 0 Å². The van der Waals surface area contributed by atoms with E-state index in [1.165, 1.54) is 11.9 Å². The average molecular weight is 237 g/mol. The second-order valence-electron chi connectivity index (χ2n) is 3.09. The van der Waals surface area contributed by atoms with E-state index in [1.807, 2.05) is 0 Å². The zero-order chi connectivity index (χ0) is 10.7. The fourth-order valence-corrected chi connectivity index (χ4v) is 2.10. The summed E-state index contributed by atoms with van der Waals surface area (Å²) >= 11 is 7.35. The molecule has 0 saturated carbocycles. The number of halogens is 1. The van der Waals surface area contributed by atoms with E-state index in [-0.39, 0.29) is 0 Å². The van der Waals surface area contributed by atoms with Crippen molar-refractivity contribution in [3.8, 4) is 0 Å². The lowest BCUT2D eigenvalue weighted by Gasteiger charge is -2.00. The maximum atomic E-state index is 5.77. The van der Waals surface area contributed by atoms with Crippen molar-refractivity contribution in [2.24, 2.45) is 0 Å². The lowest BCUT2D eigenvalue weighted by molar-refractivity contribution is 1.05. The van der Waals surface area contributed by atoms with E-state index in [2.05, 4.69) is 41.2 Å². The van der Waals surface area contributed by atoms with Crippen molar-refractivity contribution in [1.82, 2.24) is 9.97 Å². The highest BCUT2D eigenvalue weighted by Gasteiger charge is 1.99. The normalized spacial score (nSPS) is 10.3. The second-order valence-corrected chi connectivity index (χ2v) is 4.58. The molecule has 0 aliphatic carbocycles. The summed E-state index contributed by atoms with van der Waals surface area (Å²) in [6.45, 7) is 2.07. The van der Waals surface area contributed by atoms with Gasteiger partial charge >= 0.3 is 0 Å². The maximum Gasteiger partial charge on any atom is 0.133 e. The molecule has 2 rings (SSSR count). The fourth-order valence-electron chi connectivity index (χ4n) is 1.10. The third-order valence-corrected chi connectivity index (χ3v) is 3.00. The minimum atomic E-state index is 0.472. The number of aromatic nitrogens is 2. The number of aryl methyl sites for hydroxylation is 1. The SMILES string of the molecule is Cc1ccc(Sc2cc(Cl)ncn2)cc1. The monoisotopic (exact) mass is 236 g/mol. The van der Waals surface area contributed by atoms with Gasteiger partial charge in [-0.05, 0) is 19.1 Å². The summed E-state index contributed by atoms with van der Waals surface area (Å²) in [5.41, 5.74) is 1.25. The van der Waals surface area contributed by atoms with Crippen LogP contribution in [0.3, 0.4) is 0 Å². The van der Waals surface area contributed by atoms with Gasteiger partial charge in [0, 0.05) is 11.0 Å². The van der Waals surface area contributed by atoms with E-state index in [0.717, 1.165) is 9.92 Å². The van der Waals surface area contributed by atoms with Crippen molar-refractivity contribution in [3.05, 3.63) is 47.4 Å². The molecule has 4 heteroatoms. The molecule has 2 aromatic rings. The molecule has 0 spiro atoms. The first-order valence-corrected chi connectivity index (χ1v) is 5.65. The van der Waals surface area contributed by atoms with Crippen LogP contribution in [0.15, 0.2) is 46.6 Å². The Morgan fingerprint density at radius 3 is 2.53 bits per heavy atom. The molecular formula is C11H9ClN2S. The Labute approximate surface area is 97.7 Å². The number of benzene rings is 1. The molecule has 0 saturated heterocycles. The van der Waals surface area contributed by atoms with Crippen LogP contribution >= 0.6 is 23.4 Å². The van der Waals surface area contributed by atoms with Crippen LogP contribution in [0.4, 0.5) is 0 Å². The van der Waals surface area contributed by atoms with Gasteiger partial charge in [-0.3, -0.25) is 0 Å². The molecule has 0 unspecified atom stereocenters. The largest absolute Gasteiger partial charge is 0.230 e. The van der Waals surface area contributed by atoms with Crippen LogP contribution in [-0.2, 0) is 0 Å². The Morgan fingerprint density at radius 1 is 1.13 bits per heavy atom.